The summed E-state index contributed by atoms with van der Waals surface area (Å²) in [6, 6.07) is 15.9. The molecule has 2 amide bonds. The maximum Gasteiger partial charge on any atom is 0.260 e. The zero-order chi connectivity index (χ0) is 21.5. The number of piperazine rings is 1. The summed E-state index contributed by atoms with van der Waals surface area (Å²) in [5, 5.41) is 0. The third-order valence-electron chi connectivity index (χ3n) is 5.08. The molecule has 1 aliphatic heterocycles. The van der Waals surface area contributed by atoms with Crippen molar-refractivity contribution in [3.63, 3.8) is 0 Å². The van der Waals surface area contributed by atoms with Gasteiger partial charge in [-0.25, -0.2) is 0 Å². The molecule has 0 N–H and O–H groups in total. The van der Waals surface area contributed by atoms with Crippen molar-refractivity contribution < 1.29 is 19.1 Å². The van der Waals surface area contributed by atoms with Gasteiger partial charge in [-0.1, -0.05) is 44.2 Å². The lowest BCUT2D eigenvalue weighted by atomic mass is 10.0. The quantitative estimate of drug-likeness (QED) is 0.661. The van der Waals surface area contributed by atoms with Gasteiger partial charge in [-0.2, -0.15) is 0 Å². The fraction of sp³-hybridized carbons (Fsp3) is 0.375. The normalized spacial score (nSPS) is 14.0. The monoisotopic (exact) mass is 408 g/mol. The van der Waals surface area contributed by atoms with E-state index >= 15 is 0 Å². The first-order chi connectivity index (χ1) is 14.4. The minimum Gasteiger partial charge on any atom is -0.484 e. The van der Waals surface area contributed by atoms with Gasteiger partial charge >= 0.3 is 0 Å². The highest BCUT2D eigenvalue weighted by molar-refractivity contribution is 6.08. The van der Waals surface area contributed by atoms with Crippen LogP contribution in [0.5, 0.6) is 5.75 Å². The second-order valence-corrected chi connectivity index (χ2v) is 7.87. The molecule has 1 aliphatic rings. The van der Waals surface area contributed by atoms with E-state index < -0.39 is 0 Å². The van der Waals surface area contributed by atoms with Gasteiger partial charge in [0.2, 0.25) is 5.91 Å². The average molecular weight is 408 g/mol. The van der Waals surface area contributed by atoms with Gasteiger partial charge in [0.05, 0.1) is 0 Å². The van der Waals surface area contributed by atoms with Gasteiger partial charge < -0.3 is 14.5 Å². The first-order valence-corrected chi connectivity index (χ1v) is 10.3. The Morgan fingerprint density at radius 3 is 1.90 bits per heavy atom. The summed E-state index contributed by atoms with van der Waals surface area (Å²) >= 11 is 0. The number of amides is 2. The van der Waals surface area contributed by atoms with Crippen molar-refractivity contribution in [1.29, 1.82) is 0 Å². The van der Waals surface area contributed by atoms with Crippen LogP contribution >= 0.6 is 0 Å². The Hall–Kier alpha value is -3.15. The lowest BCUT2D eigenvalue weighted by molar-refractivity contribution is -0.141. The van der Waals surface area contributed by atoms with Gasteiger partial charge in [-0.15, -0.1) is 0 Å². The number of hydrogen-bond donors (Lipinski definition) is 0. The molecule has 0 unspecified atom stereocenters. The standard InChI is InChI=1S/C24H28N2O4/c1-18(2)16-22(27)25-12-14-26(15-13-25)23(28)17-30-21-10-8-20(9-11-21)24(29)19-6-4-3-5-7-19/h3-11,18H,12-17H2,1-2H3. The Morgan fingerprint density at radius 1 is 0.800 bits per heavy atom. The Morgan fingerprint density at radius 2 is 1.33 bits per heavy atom. The minimum absolute atomic E-state index is 0.0527. The molecule has 0 radical (unpaired) electrons. The van der Waals surface area contributed by atoms with Crippen LogP contribution in [0, 0.1) is 5.92 Å². The van der Waals surface area contributed by atoms with Crippen molar-refractivity contribution in [2.75, 3.05) is 32.8 Å². The molecule has 1 saturated heterocycles. The van der Waals surface area contributed by atoms with E-state index in [0.29, 0.717) is 55.4 Å². The topological polar surface area (TPSA) is 66.9 Å². The van der Waals surface area contributed by atoms with Crippen LogP contribution < -0.4 is 4.74 Å². The number of hydrogen-bond acceptors (Lipinski definition) is 4. The second-order valence-electron chi connectivity index (χ2n) is 7.87. The summed E-state index contributed by atoms with van der Waals surface area (Å²) in [4.78, 5) is 40.6. The average Bonchev–Trinajstić information content (AvgIpc) is 2.77. The molecule has 6 nitrogen and oxygen atoms in total. The summed E-state index contributed by atoms with van der Waals surface area (Å²) in [5.41, 5.74) is 1.20. The van der Waals surface area contributed by atoms with E-state index in [2.05, 4.69) is 0 Å². The SMILES string of the molecule is CC(C)CC(=O)N1CCN(C(=O)COc2ccc(C(=O)c3ccccc3)cc2)CC1. The van der Waals surface area contributed by atoms with Crippen molar-refractivity contribution in [2.45, 2.75) is 20.3 Å². The Labute approximate surface area is 177 Å². The Balaban J connectivity index is 1.46. The van der Waals surface area contributed by atoms with Crippen LogP contribution in [0.1, 0.15) is 36.2 Å². The maximum atomic E-state index is 12.4. The van der Waals surface area contributed by atoms with Gasteiger partial charge in [-0.05, 0) is 30.2 Å². The molecule has 6 heteroatoms. The molecule has 2 aromatic rings. The van der Waals surface area contributed by atoms with E-state index in [1.165, 1.54) is 0 Å². The highest BCUT2D eigenvalue weighted by Crippen LogP contribution is 2.16. The molecule has 3 rings (SSSR count). The summed E-state index contributed by atoms with van der Waals surface area (Å²) < 4.78 is 5.61. The van der Waals surface area contributed by atoms with Gasteiger partial charge in [0, 0.05) is 43.7 Å². The van der Waals surface area contributed by atoms with Gasteiger partial charge in [0.15, 0.2) is 12.4 Å². The van der Waals surface area contributed by atoms with Crippen molar-refractivity contribution in [1.82, 2.24) is 9.80 Å². The molecule has 0 spiro atoms. The number of benzene rings is 2. The maximum absolute atomic E-state index is 12.4. The van der Waals surface area contributed by atoms with Crippen LogP contribution in [0.4, 0.5) is 0 Å². The fourth-order valence-corrected chi connectivity index (χ4v) is 3.38. The summed E-state index contributed by atoms with van der Waals surface area (Å²) in [7, 11) is 0. The van der Waals surface area contributed by atoms with E-state index in [1.807, 2.05) is 36.9 Å². The van der Waals surface area contributed by atoms with E-state index in [0.717, 1.165) is 0 Å². The molecule has 2 aromatic carbocycles. The number of carbonyl (C=O) groups excluding carboxylic acids is 3. The van der Waals surface area contributed by atoms with Crippen molar-refractivity contribution in [2.24, 2.45) is 5.92 Å². The highest BCUT2D eigenvalue weighted by Gasteiger charge is 2.24. The van der Waals surface area contributed by atoms with Crippen LogP contribution in [0.2, 0.25) is 0 Å². The van der Waals surface area contributed by atoms with Crippen molar-refractivity contribution >= 4 is 17.6 Å². The zero-order valence-electron chi connectivity index (χ0n) is 17.5. The number of ether oxygens (including phenoxy) is 1. The molecule has 0 bridgehead atoms. The fourth-order valence-electron chi connectivity index (χ4n) is 3.38. The lowest BCUT2D eigenvalue weighted by Crippen LogP contribution is -2.51. The lowest BCUT2D eigenvalue weighted by Gasteiger charge is -2.35. The molecule has 30 heavy (non-hydrogen) atoms. The van der Waals surface area contributed by atoms with Crippen LogP contribution in [0.3, 0.4) is 0 Å². The van der Waals surface area contributed by atoms with Gasteiger partial charge in [0.25, 0.3) is 5.91 Å². The number of carbonyl (C=O) groups is 3. The smallest absolute Gasteiger partial charge is 0.260 e. The molecular formula is C24H28N2O4. The van der Waals surface area contributed by atoms with Crippen LogP contribution in [0.25, 0.3) is 0 Å². The predicted molar refractivity (Wildman–Crippen MR) is 114 cm³/mol. The van der Waals surface area contributed by atoms with Crippen molar-refractivity contribution in [3.05, 3.63) is 65.7 Å². The molecule has 0 aliphatic carbocycles. The predicted octanol–water partition coefficient (Wildman–Crippen LogP) is 3.01. The molecule has 0 atom stereocenters. The highest BCUT2D eigenvalue weighted by atomic mass is 16.5. The number of nitrogens with zero attached hydrogens (tertiary/aromatic N) is 2. The molecule has 0 aromatic heterocycles. The Bertz CT molecular complexity index is 870. The van der Waals surface area contributed by atoms with E-state index in [9.17, 15) is 14.4 Å². The zero-order valence-corrected chi connectivity index (χ0v) is 17.5. The third-order valence-corrected chi connectivity index (χ3v) is 5.08. The van der Waals surface area contributed by atoms with E-state index in [1.54, 1.807) is 41.3 Å². The summed E-state index contributed by atoms with van der Waals surface area (Å²) in [6.07, 6.45) is 0.541. The van der Waals surface area contributed by atoms with E-state index in [-0.39, 0.29) is 24.2 Å². The third kappa shape index (κ3) is 5.69. The van der Waals surface area contributed by atoms with Crippen molar-refractivity contribution in [3.8, 4) is 5.75 Å². The molecule has 158 valence electrons. The van der Waals surface area contributed by atoms with Crippen LogP contribution in [-0.4, -0.2) is 60.2 Å². The van der Waals surface area contributed by atoms with E-state index in [4.69, 9.17) is 4.74 Å². The van der Waals surface area contributed by atoms with Gasteiger partial charge in [0.1, 0.15) is 5.75 Å². The molecule has 0 saturated carbocycles. The number of rotatable bonds is 7. The first-order valence-electron chi connectivity index (χ1n) is 10.3. The summed E-state index contributed by atoms with van der Waals surface area (Å²) in [6.45, 7) is 6.17. The molecular weight excluding hydrogens is 380 g/mol. The molecule has 1 heterocycles. The largest absolute Gasteiger partial charge is 0.484 e. The Kier molecular flexibility index (Phi) is 7.22. The van der Waals surface area contributed by atoms with Crippen LogP contribution in [-0.2, 0) is 9.59 Å². The number of ketones is 1. The minimum atomic E-state index is -0.101. The van der Waals surface area contributed by atoms with Crippen LogP contribution in [0.15, 0.2) is 54.6 Å². The first kappa shape index (κ1) is 21.6. The van der Waals surface area contributed by atoms with Gasteiger partial charge in [-0.3, -0.25) is 14.4 Å². The second kappa shape index (κ2) is 10.1. The molecule has 1 fully saturated rings. The summed E-state index contributed by atoms with van der Waals surface area (Å²) in [5.74, 6) is 0.871.